The minimum absolute atomic E-state index is 0.583. The predicted octanol–water partition coefficient (Wildman–Crippen LogP) is 13.6. The Morgan fingerprint density at radius 3 is 1.27 bits per heavy atom. The van der Waals surface area contributed by atoms with Gasteiger partial charge in [0.1, 0.15) is 0 Å². The van der Waals surface area contributed by atoms with Crippen molar-refractivity contribution < 1.29 is 0 Å². The normalized spacial score (nSPS) is 11.2. The number of aromatic nitrogens is 6. The average molecular weight is 796 g/mol. The molecule has 11 rings (SSSR count). The van der Waals surface area contributed by atoms with Crippen LogP contribution in [0.5, 0.6) is 0 Å². The quantitative estimate of drug-likeness (QED) is 0.145. The van der Waals surface area contributed by atoms with Crippen molar-refractivity contribution in [2.24, 2.45) is 0 Å². The van der Waals surface area contributed by atoms with Crippen molar-refractivity contribution >= 4 is 39.1 Å². The van der Waals surface area contributed by atoms with Gasteiger partial charge >= 0.3 is 0 Å². The second-order valence-corrected chi connectivity index (χ2v) is 15.0. The Morgan fingerprint density at radius 2 is 0.742 bits per heavy atom. The lowest BCUT2D eigenvalue weighted by Gasteiger charge is -2.24. The zero-order chi connectivity index (χ0) is 41.2. The summed E-state index contributed by atoms with van der Waals surface area (Å²) in [5.74, 6) is 2.47. The third kappa shape index (κ3) is 6.93. The van der Waals surface area contributed by atoms with E-state index in [9.17, 15) is 0 Å². The standard InChI is InChI=1S/C55H37N7/c1-6-18-38(19-7-1)48-37-49(39-20-8-2-9-21-39)57-55(56-48)61(43-26-14-5-15-27-43)45-34-35-51-47(36-45)46-28-16-17-29-50(46)62(51)44-32-30-42(31-33-44)54-59-52(40-22-10-3-11-23-40)58-53(60-54)41-24-12-4-13-25-41/h1-37H. The van der Waals surface area contributed by atoms with Crippen LogP contribution in [0.2, 0.25) is 0 Å². The summed E-state index contributed by atoms with van der Waals surface area (Å²) in [6.07, 6.45) is 0. The Balaban J connectivity index is 1.03. The van der Waals surface area contributed by atoms with Gasteiger partial charge in [-0.2, -0.15) is 0 Å². The summed E-state index contributed by atoms with van der Waals surface area (Å²) in [6, 6.07) is 76.8. The summed E-state index contributed by atoms with van der Waals surface area (Å²) in [7, 11) is 0. The van der Waals surface area contributed by atoms with E-state index in [4.69, 9.17) is 24.9 Å². The van der Waals surface area contributed by atoms with E-state index in [1.165, 1.54) is 0 Å². The van der Waals surface area contributed by atoms with E-state index < -0.39 is 0 Å². The minimum atomic E-state index is 0.583. The van der Waals surface area contributed by atoms with Crippen molar-refractivity contribution in [2.75, 3.05) is 4.90 Å². The molecule has 0 saturated heterocycles. The van der Waals surface area contributed by atoms with Gasteiger partial charge in [0.05, 0.1) is 22.4 Å². The molecule has 0 radical (unpaired) electrons. The molecule has 3 aromatic heterocycles. The molecule has 7 heteroatoms. The van der Waals surface area contributed by atoms with Gasteiger partial charge in [0.15, 0.2) is 17.5 Å². The van der Waals surface area contributed by atoms with E-state index in [0.29, 0.717) is 23.4 Å². The smallest absolute Gasteiger partial charge is 0.235 e. The molecule has 0 atom stereocenters. The fourth-order valence-corrected chi connectivity index (χ4v) is 8.08. The molecule has 11 aromatic rings. The van der Waals surface area contributed by atoms with Gasteiger partial charge in [-0.05, 0) is 66.7 Å². The molecule has 0 aliphatic heterocycles. The number of rotatable bonds is 9. The second-order valence-electron chi connectivity index (χ2n) is 15.0. The van der Waals surface area contributed by atoms with Crippen molar-refractivity contribution in [1.29, 1.82) is 0 Å². The van der Waals surface area contributed by atoms with Gasteiger partial charge in [0.2, 0.25) is 5.95 Å². The molecule has 292 valence electrons. The zero-order valence-electron chi connectivity index (χ0n) is 33.5. The van der Waals surface area contributed by atoms with Crippen LogP contribution in [0.4, 0.5) is 17.3 Å². The van der Waals surface area contributed by atoms with Crippen LogP contribution in [0.1, 0.15) is 0 Å². The molecular formula is C55H37N7. The minimum Gasteiger partial charge on any atom is -0.309 e. The van der Waals surface area contributed by atoms with E-state index >= 15 is 0 Å². The molecule has 0 fully saturated rings. The van der Waals surface area contributed by atoms with Crippen LogP contribution in [-0.4, -0.2) is 29.5 Å². The Hall–Kier alpha value is -8.55. The largest absolute Gasteiger partial charge is 0.309 e. The molecule has 0 aliphatic rings. The number of hydrogen-bond donors (Lipinski definition) is 0. The number of nitrogens with zero attached hydrogens (tertiary/aromatic N) is 7. The Morgan fingerprint density at radius 1 is 0.306 bits per heavy atom. The van der Waals surface area contributed by atoms with Crippen molar-refractivity contribution in [1.82, 2.24) is 29.5 Å². The maximum atomic E-state index is 5.25. The van der Waals surface area contributed by atoms with Crippen LogP contribution in [0.25, 0.3) is 84.2 Å². The van der Waals surface area contributed by atoms with E-state index in [1.54, 1.807) is 0 Å². The Labute approximate surface area is 359 Å². The third-order valence-electron chi connectivity index (χ3n) is 11.1. The van der Waals surface area contributed by atoms with E-state index in [-0.39, 0.29) is 0 Å². The first kappa shape index (κ1) is 36.5. The van der Waals surface area contributed by atoms with Gasteiger partial charge < -0.3 is 4.57 Å². The van der Waals surface area contributed by atoms with Crippen LogP contribution >= 0.6 is 0 Å². The molecule has 0 saturated carbocycles. The van der Waals surface area contributed by atoms with Gasteiger partial charge in [-0.15, -0.1) is 0 Å². The van der Waals surface area contributed by atoms with Crippen LogP contribution in [-0.2, 0) is 0 Å². The van der Waals surface area contributed by atoms with Gasteiger partial charge in [-0.3, -0.25) is 4.90 Å². The molecule has 8 aromatic carbocycles. The summed E-state index contributed by atoms with van der Waals surface area (Å²) in [5, 5.41) is 2.26. The monoisotopic (exact) mass is 795 g/mol. The average Bonchev–Trinajstić information content (AvgIpc) is 3.69. The summed E-state index contributed by atoms with van der Waals surface area (Å²) in [6.45, 7) is 0. The molecule has 0 N–H and O–H groups in total. The number of hydrogen-bond acceptors (Lipinski definition) is 6. The molecule has 62 heavy (non-hydrogen) atoms. The van der Waals surface area contributed by atoms with Gasteiger partial charge in [-0.1, -0.05) is 158 Å². The van der Waals surface area contributed by atoms with Crippen molar-refractivity contribution in [2.45, 2.75) is 0 Å². The molecule has 0 amide bonds. The Kier molecular flexibility index (Phi) is 9.37. The molecule has 7 nitrogen and oxygen atoms in total. The third-order valence-corrected chi connectivity index (χ3v) is 11.1. The lowest BCUT2D eigenvalue weighted by atomic mass is 10.1. The molecule has 0 bridgehead atoms. The predicted molar refractivity (Wildman–Crippen MR) is 252 cm³/mol. The summed E-state index contributed by atoms with van der Waals surface area (Å²) in [5.41, 5.74) is 11.6. The Bertz CT molecular complexity index is 3200. The zero-order valence-corrected chi connectivity index (χ0v) is 33.5. The first-order chi connectivity index (χ1) is 30.7. The maximum Gasteiger partial charge on any atom is 0.235 e. The fraction of sp³-hybridized carbons (Fsp3) is 0. The maximum absolute atomic E-state index is 5.25. The first-order valence-electron chi connectivity index (χ1n) is 20.6. The van der Waals surface area contributed by atoms with Crippen LogP contribution in [0.15, 0.2) is 224 Å². The van der Waals surface area contributed by atoms with Crippen molar-refractivity contribution in [3.63, 3.8) is 0 Å². The van der Waals surface area contributed by atoms with Gasteiger partial charge in [0, 0.05) is 55.7 Å². The van der Waals surface area contributed by atoms with E-state index in [1.807, 2.05) is 103 Å². The van der Waals surface area contributed by atoms with Crippen LogP contribution in [0.3, 0.4) is 0 Å². The lowest BCUT2D eigenvalue weighted by Crippen LogP contribution is -2.14. The van der Waals surface area contributed by atoms with E-state index in [0.717, 1.165) is 78.1 Å². The second kappa shape index (κ2) is 15.9. The highest BCUT2D eigenvalue weighted by Gasteiger charge is 2.21. The molecule has 0 spiro atoms. The van der Waals surface area contributed by atoms with Crippen molar-refractivity contribution in [3.8, 4) is 62.4 Å². The van der Waals surface area contributed by atoms with E-state index in [2.05, 4.69) is 131 Å². The number of anilines is 3. The fourth-order valence-electron chi connectivity index (χ4n) is 8.08. The summed E-state index contributed by atoms with van der Waals surface area (Å²) >= 11 is 0. The van der Waals surface area contributed by atoms with Crippen LogP contribution < -0.4 is 4.90 Å². The molecule has 0 aliphatic carbocycles. The highest BCUT2D eigenvalue weighted by Crippen LogP contribution is 2.40. The molecule has 0 unspecified atom stereocenters. The molecule has 3 heterocycles. The van der Waals surface area contributed by atoms with Gasteiger partial charge in [-0.25, -0.2) is 24.9 Å². The van der Waals surface area contributed by atoms with Crippen LogP contribution in [0, 0.1) is 0 Å². The van der Waals surface area contributed by atoms with Gasteiger partial charge in [0.25, 0.3) is 0 Å². The van der Waals surface area contributed by atoms with Crippen molar-refractivity contribution in [3.05, 3.63) is 224 Å². The SMILES string of the molecule is c1ccc(-c2cc(-c3ccccc3)nc(N(c3ccccc3)c3ccc4c(c3)c3ccccc3n4-c3ccc(-c4nc(-c5ccccc5)nc(-c5ccccc5)n4)cc3)n2)cc1. The topological polar surface area (TPSA) is 72.6 Å². The lowest BCUT2D eigenvalue weighted by molar-refractivity contribution is 1.07. The summed E-state index contributed by atoms with van der Waals surface area (Å²) in [4.78, 5) is 27.5. The number of para-hydroxylation sites is 2. The highest BCUT2D eigenvalue weighted by atomic mass is 15.3. The summed E-state index contributed by atoms with van der Waals surface area (Å²) < 4.78 is 2.32. The first-order valence-corrected chi connectivity index (χ1v) is 20.6. The molecular weight excluding hydrogens is 759 g/mol. The number of fused-ring (bicyclic) bond motifs is 3. The number of benzene rings is 8. The highest BCUT2D eigenvalue weighted by molar-refractivity contribution is 6.10.